The number of carbonyl (C=O) groups excluding carboxylic acids is 3. The quantitative estimate of drug-likeness (QED) is 0.288. The molecule has 1 saturated carbocycles. The fourth-order valence-electron chi connectivity index (χ4n) is 4.38. The van der Waals surface area contributed by atoms with Crippen LogP contribution in [0.3, 0.4) is 0 Å². The SMILES string of the molecule is CCOC(=O)[C@@]12C(=O)Oc3ccc(Br)cc3[C@H]1[C@@]2(C)C(=O)c1ccc(Cl)cc1. The predicted molar refractivity (Wildman–Crippen MR) is 105 cm³/mol. The van der Waals surface area contributed by atoms with Crippen molar-refractivity contribution in [3.63, 3.8) is 0 Å². The van der Waals surface area contributed by atoms with Crippen molar-refractivity contribution < 1.29 is 23.9 Å². The molecule has 2 aromatic rings. The molecule has 4 rings (SSSR count). The molecule has 7 heteroatoms. The first kappa shape index (κ1) is 19.2. The van der Waals surface area contributed by atoms with Crippen molar-refractivity contribution in [2.45, 2.75) is 19.8 Å². The van der Waals surface area contributed by atoms with Gasteiger partial charge in [-0.15, -0.1) is 0 Å². The average molecular weight is 464 g/mol. The van der Waals surface area contributed by atoms with Crippen LogP contribution in [-0.2, 0) is 14.3 Å². The fourth-order valence-corrected chi connectivity index (χ4v) is 4.89. The van der Waals surface area contributed by atoms with Crippen LogP contribution in [0, 0.1) is 10.8 Å². The Morgan fingerprint density at radius 2 is 1.89 bits per heavy atom. The van der Waals surface area contributed by atoms with Gasteiger partial charge in [-0.05, 0) is 56.3 Å². The van der Waals surface area contributed by atoms with Gasteiger partial charge in [-0.25, -0.2) is 0 Å². The van der Waals surface area contributed by atoms with Crippen molar-refractivity contribution in [2.75, 3.05) is 6.61 Å². The zero-order valence-corrected chi connectivity index (χ0v) is 17.5. The molecule has 0 saturated heterocycles. The summed E-state index contributed by atoms with van der Waals surface area (Å²) in [6.07, 6.45) is 0. The van der Waals surface area contributed by atoms with Gasteiger partial charge in [0.25, 0.3) is 0 Å². The van der Waals surface area contributed by atoms with E-state index in [2.05, 4.69) is 15.9 Å². The number of fused-ring (bicyclic) bond motifs is 3. The van der Waals surface area contributed by atoms with Gasteiger partial charge in [-0.1, -0.05) is 27.5 Å². The monoisotopic (exact) mass is 462 g/mol. The third-order valence-electron chi connectivity index (χ3n) is 5.73. The number of hydrogen-bond acceptors (Lipinski definition) is 5. The molecular formula is C21H16BrClO5. The Morgan fingerprint density at radius 3 is 2.54 bits per heavy atom. The summed E-state index contributed by atoms with van der Waals surface area (Å²) in [4.78, 5) is 39.5. The van der Waals surface area contributed by atoms with Crippen molar-refractivity contribution >= 4 is 45.3 Å². The minimum Gasteiger partial charge on any atom is -0.465 e. The summed E-state index contributed by atoms with van der Waals surface area (Å²) < 4.78 is 11.5. The molecule has 144 valence electrons. The van der Waals surface area contributed by atoms with E-state index in [9.17, 15) is 14.4 Å². The molecule has 0 bridgehead atoms. The molecular weight excluding hydrogens is 448 g/mol. The van der Waals surface area contributed by atoms with Gasteiger partial charge in [0.2, 0.25) is 0 Å². The minimum atomic E-state index is -1.70. The highest BCUT2D eigenvalue weighted by molar-refractivity contribution is 9.10. The fraction of sp³-hybridized carbons (Fsp3) is 0.286. The van der Waals surface area contributed by atoms with Gasteiger partial charge in [0.15, 0.2) is 11.2 Å². The number of Topliss-reactive ketones (excluding diaryl/α,β-unsaturated/α-hetero) is 1. The molecule has 0 amide bonds. The molecule has 0 spiro atoms. The second-order valence-corrected chi connectivity index (χ2v) is 8.42. The molecule has 28 heavy (non-hydrogen) atoms. The zero-order valence-electron chi connectivity index (χ0n) is 15.1. The molecule has 0 N–H and O–H groups in total. The lowest BCUT2D eigenvalue weighted by atomic mass is 9.87. The maximum Gasteiger partial charge on any atom is 0.330 e. The summed E-state index contributed by atoms with van der Waals surface area (Å²) >= 11 is 9.34. The van der Waals surface area contributed by atoms with Crippen LogP contribution in [0.2, 0.25) is 5.02 Å². The molecule has 1 aliphatic carbocycles. The van der Waals surface area contributed by atoms with Crippen LogP contribution in [0.5, 0.6) is 5.75 Å². The average Bonchev–Trinajstić information content (AvgIpc) is 3.26. The highest BCUT2D eigenvalue weighted by Gasteiger charge is 2.89. The topological polar surface area (TPSA) is 69.7 Å². The van der Waals surface area contributed by atoms with Gasteiger partial charge in [0.1, 0.15) is 5.75 Å². The molecule has 0 radical (unpaired) electrons. The highest BCUT2D eigenvalue weighted by Crippen LogP contribution is 2.78. The first-order valence-electron chi connectivity index (χ1n) is 8.77. The molecule has 1 aliphatic heterocycles. The van der Waals surface area contributed by atoms with Crippen LogP contribution in [0.1, 0.15) is 35.7 Å². The lowest BCUT2D eigenvalue weighted by molar-refractivity contribution is -0.162. The maximum atomic E-state index is 13.5. The zero-order chi connectivity index (χ0) is 20.3. The number of ether oxygens (including phenoxy) is 2. The number of carbonyl (C=O) groups is 3. The molecule has 0 unspecified atom stereocenters. The van der Waals surface area contributed by atoms with Crippen LogP contribution in [0.15, 0.2) is 46.9 Å². The maximum absolute atomic E-state index is 13.5. The van der Waals surface area contributed by atoms with Gasteiger partial charge in [0, 0.05) is 26.5 Å². The smallest absolute Gasteiger partial charge is 0.330 e. The van der Waals surface area contributed by atoms with Gasteiger partial charge in [-0.2, -0.15) is 0 Å². The molecule has 5 nitrogen and oxygen atoms in total. The van der Waals surface area contributed by atoms with Crippen molar-refractivity contribution in [2.24, 2.45) is 10.8 Å². The second kappa shape index (κ2) is 6.42. The van der Waals surface area contributed by atoms with Crippen molar-refractivity contribution in [3.05, 3.63) is 63.1 Å². The first-order chi connectivity index (χ1) is 13.3. The van der Waals surface area contributed by atoms with E-state index < -0.39 is 28.7 Å². The Balaban J connectivity index is 1.90. The standard InChI is InChI=1S/C21H16BrClO5/c1-3-27-18(25)21-16(14-10-12(22)6-9-15(14)28-19(21)26)20(21,2)17(24)11-4-7-13(23)8-5-11/h4-10,16H,3H2,1-2H3/t16-,20-,21+/m0/s1. The highest BCUT2D eigenvalue weighted by atomic mass is 79.9. The molecule has 2 aromatic carbocycles. The summed E-state index contributed by atoms with van der Waals surface area (Å²) in [6, 6.07) is 11.6. The Labute approximate surface area is 175 Å². The van der Waals surface area contributed by atoms with Crippen LogP contribution >= 0.6 is 27.5 Å². The molecule has 0 aromatic heterocycles. The van der Waals surface area contributed by atoms with E-state index in [0.717, 1.165) is 4.47 Å². The van der Waals surface area contributed by atoms with Crippen molar-refractivity contribution in [1.82, 2.24) is 0 Å². The summed E-state index contributed by atoms with van der Waals surface area (Å²) in [7, 11) is 0. The molecule has 3 atom stereocenters. The van der Waals surface area contributed by atoms with Gasteiger partial charge in [-0.3, -0.25) is 14.4 Å². The first-order valence-corrected chi connectivity index (χ1v) is 9.94. The van der Waals surface area contributed by atoms with E-state index in [-0.39, 0.29) is 12.4 Å². The molecule has 2 aliphatic rings. The summed E-state index contributed by atoms with van der Waals surface area (Å²) in [6.45, 7) is 3.38. The van der Waals surface area contributed by atoms with Crippen LogP contribution in [0.4, 0.5) is 0 Å². The minimum absolute atomic E-state index is 0.0944. The summed E-state index contributed by atoms with van der Waals surface area (Å²) in [5, 5.41) is 0.490. The Morgan fingerprint density at radius 1 is 1.21 bits per heavy atom. The number of ketones is 1. The van der Waals surface area contributed by atoms with E-state index in [1.165, 1.54) is 0 Å². The summed E-state index contributed by atoms with van der Waals surface area (Å²) in [5.41, 5.74) is -2.02. The third kappa shape index (κ3) is 2.34. The van der Waals surface area contributed by atoms with Gasteiger partial charge in [0.05, 0.1) is 12.0 Å². The lowest BCUT2D eigenvalue weighted by Gasteiger charge is -2.22. The van der Waals surface area contributed by atoms with E-state index in [1.54, 1.807) is 56.3 Å². The van der Waals surface area contributed by atoms with Crippen molar-refractivity contribution in [3.8, 4) is 5.75 Å². The summed E-state index contributed by atoms with van der Waals surface area (Å²) in [5.74, 6) is -2.13. The number of halogens is 2. The normalized spacial score (nSPS) is 27.3. The van der Waals surface area contributed by atoms with Gasteiger partial charge < -0.3 is 9.47 Å². The second-order valence-electron chi connectivity index (χ2n) is 7.07. The number of esters is 2. The Kier molecular flexibility index (Phi) is 4.39. The lowest BCUT2D eigenvalue weighted by Crippen LogP contribution is -2.40. The largest absolute Gasteiger partial charge is 0.465 e. The van der Waals surface area contributed by atoms with E-state index in [1.807, 2.05) is 0 Å². The molecule has 1 fully saturated rings. The van der Waals surface area contributed by atoms with E-state index >= 15 is 0 Å². The van der Waals surface area contributed by atoms with E-state index in [0.29, 0.717) is 21.9 Å². The van der Waals surface area contributed by atoms with E-state index in [4.69, 9.17) is 21.1 Å². The number of benzene rings is 2. The van der Waals surface area contributed by atoms with Crippen LogP contribution in [-0.4, -0.2) is 24.3 Å². The molecule has 1 heterocycles. The third-order valence-corrected chi connectivity index (χ3v) is 6.47. The van der Waals surface area contributed by atoms with Crippen molar-refractivity contribution in [1.29, 1.82) is 0 Å². The van der Waals surface area contributed by atoms with Crippen LogP contribution < -0.4 is 4.74 Å². The Hall–Kier alpha value is -2.18. The van der Waals surface area contributed by atoms with Crippen LogP contribution in [0.25, 0.3) is 0 Å². The van der Waals surface area contributed by atoms with Gasteiger partial charge >= 0.3 is 11.9 Å². The predicted octanol–water partition coefficient (Wildman–Crippen LogP) is 4.56. The Bertz CT molecular complexity index is 1020. The number of hydrogen-bond donors (Lipinski definition) is 0. The number of rotatable bonds is 4.